The van der Waals surface area contributed by atoms with Crippen LogP contribution in [0.15, 0.2) is 132 Å². The molecule has 2 amide bonds. The zero-order valence-electron chi connectivity index (χ0n) is 27.2. The van der Waals surface area contributed by atoms with Crippen LogP contribution in [0.3, 0.4) is 0 Å². The Morgan fingerprint density at radius 3 is 2.26 bits per heavy atom. The molecule has 0 bridgehead atoms. The number of benzene rings is 4. The maximum absolute atomic E-state index is 13.9. The summed E-state index contributed by atoms with van der Waals surface area (Å²) < 4.78 is 7.93. The van der Waals surface area contributed by atoms with E-state index in [1.165, 1.54) is 0 Å². The molecule has 1 saturated heterocycles. The Labute approximate surface area is 295 Å². The van der Waals surface area contributed by atoms with Gasteiger partial charge >= 0.3 is 0 Å². The molecule has 50 heavy (non-hydrogen) atoms. The number of furan rings is 1. The number of nitriles is 1. The second kappa shape index (κ2) is 14.6. The smallest absolute Gasteiger partial charge is 0.289 e. The van der Waals surface area contributed by atoms with Crippen molar-refractivity contribution in [2.24, 2.45) is 0 Å². The molecule has 248 valence electrons. The molecule has 1 fully saturated rings. The molecule has 10 heteroatoms. The van der Waals surface area contributed by atoms with Crippen molar-refractivity contribution in [3.8, 4) is 17.4 Å². The highest BCUT2D eigenvalue weighted by molar-refractivity contribution is 6.30. The van der Waals surface area contributed by atoms with Crippen molar-refractivity contribution in [1.29, 1.82) is 5.26 Å². The van der Waals surface area contributed by atoms with E-state index in [9.17, 15) is 9.59 Å². The number of rotatable bonds is 9. The van der Waals surface area contributed by atoms with Crippen molar-refractivity contribution in [3.05, 3.63) is 161 Å². The molecule has 7 rings (SSSR count). The Morgan fingerprint density at radius 1 is 0.840 bits per heavy atom. The van der Waals surface area contributed by atoms with Crippen LogP contribution in [0.5, 0.6) is 0 Å². The molecule has 0 radical (unpaired) electrons. The van der Waals surface area contributed by atoms with Gasteiger partial charge in [-0.1, -0.05) is 41.9 Å². The Balaban J connectivity index is 1.04. The van der Waals surface area contributed by atoms with E-state index in [2.05, 4.69) is 16.0 Å². The number of carbonyl (C=O) groups excluding carboxylic acids is 2. The molecule has 3 heterocycles. The summed E-state index contributed by atoms with van der Waals surface area (Å²) in [6.07, 6.45) is 3.54. The van der Waals surface area contributed by atoms with E-state index in [1.807, 2.05) is 94.4 Å². The lowest BCUT2D eigenvalue weighted by atomic mass is 10.1. The number of piperazine rings is 1. The average Bonchev–Trinajstić information content (AvgIpc) is 3.84. The summed E-state index contributed by atoms with van der Waals surface area (Å²) in [5.41, 5.74) is 5.74. The lowest BCUT2D eigenvalue weighted by Gasteiger charge is -2.36. The van der Waals surface area contributed by atoms with Gasteiger partial charge in [-0.25, -0.2) is 4.98 Å². The van der Waals surface area contributed by atoms with Crippen LogP contribution in [0.2, 0.25) is 5.02 Å². The van der Waals surface area contributed by atoms with Gasteiger partial charge in [0.25, 0.3) is 11.8 Å². The van der Waals surface area contributed by atoms with Gasteiger partial charge in [-0.15, -0.1) is 0 Å². The first-order valence-corrected chi connectivity index (χ1v) is 16.7. The maximum Gasteiger partial charge on any atom is 0.289 e. The Bertz CT molecular complexity index is 2130. The van der Waals surface area contributed by atoms with Crippen LogP contribution in [0.4, 0.5) is 11.4 Å². The predicted octanol–water partition coefficient (Wildman–Crippen LogP) is 7.53. The van der Waals surface area contributed by atoms with Gasteiger partial charge in [0.15, 0.2) is 5.76 Å². The highest BCUT2D eigenvalue weighted by Gasteiger charge is 2.26. The highest BCUT2D eigenvalue weighted by atomic mass is 35.5. The van der Waals surface area contributed by atoms with Crippen molar-refractivity contribution in [3.63, 3.8) is 0 Å². The molecule has 0 N–H and O–H groups in total. The van der Waals surface area contributed by atoms with E-state index in [-0.39, 0.29) is 11.8 Å². The molecule has 1 aliphatic rings. The zero-order chi connectivity index (χ0) is 34.5. The summed E-state index contributed by atoms with van der Waals surface area (Å²) in [4.78, 5) is 37.4. The zero-order valence-corrected chi connectivity index (χ0v) is 27.9. The molecular formula is C40H33ClN6O3. The second-order valence-electron chi connectivity index (χ2n) is 12.0. The van der Waals surface area contributed by atoms with Gasteiger partial charge in [0, 0.05) is 66.4 Å². The summed E-state index contributed by atoms with van der Waals surface area (Å²) in [6.45, 7) is 3.31. The minimum absolute atomic E-state index is 0.117. The van der Waals surface area contributed by atoms with Crippen molar-refractivity contribution in [1.82, 2.24) is 14.5 Å². The number of imidazole rings is 1. The minimum atomic E-state index is -0.131. The molecule has 1 aliphatic heterocycles. The number of aromatic nitrogens is 2. The fraction of sp³-hybridized carbons (Fsp3) is 0.150. The topological polar surface area (TPSA) is 98.6 Å². The molecule has 0 aliphatic carbocycles. The normalized spacial score (nSPS) is 12.8. The number of anilines is 2. The number of carbonyl (C=O) groups is 2. The fourth-order valence-corrected chi connectivity index (χ4v) is 6.20. The molecular weight excluding hydrogens is 648 g/mol. The second-order valence-corrected chi connectivity index (χ2v) is 12.5. The molecule has 0 unspecified atom stereocenters. The number of halogens is 1. The quantitative estimate of drug-likeness (QED) is 0.157. The Hall–Kier alpha value is -6.11. The van der Waals surface area contributed by atoms with E-state index < -0.39 is 0 Å². The Kier molecular flexibility index (Phi) is 9.45. The molecule has 9 nitrogen and oxygen atoms in total. The van der Waals surface area contributed by atoms with E-state index in [0.29, 0.717) is 66.9 Å². The maximum atomic E-state index is 13.9. The van der Waals surface area contributed by atoms with Crippen molar-refractivity contribution >= 4 is 34.8 Å². The summed E-state index contributed by atoms with van der Waals surface area (Å²) in [7, 11) is 0. The first-order valence-electron chi connectivity index (χ1n) is 16.3. The first-order chi connectivity index (χ1) is 24.4. The van der Waals surface area contributed by atoms with Gasteiger partial charge in [0.2, 0.25) is 0 Å². The first kappa shape index (κ1) is 32.4. The van der Waals surface area contributed by atoms with Gasteiger partial charge in [-0.2, -0.15) is 5.26 Å². The Morgan fingerprint density at radius 2 is 1.56 bits per heavy atom. The van der Waals surface area contributed by atoms with Gasteiger partial charge in [-0.05, 0) is 90.5 Å². The fourth-order valence-electron chi connectivity index (χ4n) is 6.07. The third-order valence-corrected chi connectivity index (χ3v) is 9.11. The van der Waals surface area contributed by atoms with Crippen LogP contribution < -0.4 is 9.80 Å². The van der Waals surface area contributed by atoms with Crippen LogP contribution in [0.25, 0.3) is 11.3 Å². The van der Waals surface area contributed by atoms with Gasteiger partial charge < -0.3 is 23.7 Å². The molecule has 0 saturated carbocycles. The molecule has 0 spiro atoms. The van der Waals surface area contributed by atoms with Crippen LogP contribution in [-0.4, -0.2) is 52.4 Å². The van der Waals surface area contributed by atoms with Crippen LogP contribution >= 0.6 is 11.6 Å². The lowest BCUT2D eigenvalue weighted by molar-refractivity contribution is 0.0715. The van der Waals surface area contributed by atoms with Gasteiger partial charge in [0.05, 0.1) is 30.2 Å². The molecule has 6 aromatic rings. The van der Waals surface area contributed by atoms with Crippen LogP contribution in [0.1, 0.15) is 37.7 Å². The largest absolute Gasteiger partial charge is 0.451 e. The number of nitrogens with zero attached hydrogens (tertiary/aromatic N) is 6. The highest BCUT2D eigenvalue weighted by Crippen LogP contribution is 2.27. The molecule has 2 aromatic heterocycles. The minimum Gasteiger partial charge on any atom is -0.451 e. The monoisotopic (exact) mass is 680 g/mol. The van der Waals surface area contributed by atoms with Crippen molar-refractivity contribution < 1.29 is 14.0 Å². The standard InChI is InChI=1S/C40H33ClN6O3/c41-33-12-10-31(11-13-33)37-18-19-38(50-37)40(49)45-22-20-44(21-23-45)34-14-16-35(17-15-34)47(39(48)32-4-2-1-3-5-32)27-36-25-43-28-46(36)26-30-8-6-29(24-42)7-9-30/h1-19,25,28H,20-23,26-27H2. The average molecular weight is 681 g/mol. The van der Waals surface area contributed by atoms with E-state index in [1.54, 1.807) is 47.8 Å². The van der Waals surface area contributed by atoms with Crippen LogP contribution in [0, 0.1) is 11.3 Å². The SMILES string of the molecule is N#Cc1ccc(Cn2cncc2CN(C(=O)c2ccccc2)c2ccc(N3CCN(C(=O)c4ccc(-c5ccc(Cl)cc5)o4)CC3)cc2)cc1. The number of hydrogen-bond acceptors (Lipinski definition) is 6. The summed E-state index contributed by atoms with van der Waals surface area (Å²) >= 11 is 6.01. The van der Waals surface area contributed by atoms with Crippen molar-refractivity contribution in [2.75, 3.05) is 36.0 Å². The molecule has 0 atom stereocenters. The third-order valence-electron chi connectivity index (χ3n) is 8.86. The summed E-state index contributed by atoms with van der Waals surface area (Å²) in [6, 6.07) is 37.7. The third kappa shape index (κ3) is 7.16. The lowest BCUT2D eigenvalue weighted by Crippen LogP contribution is -2.48. The van der Waals surface area contributed by atoms with Gasteiger partial charge in [-0.3, -0.25) is 9.59 Å². The van der Waals surface area contributed by atoms with E-state index >= 15 is 0 Å². The number of amides is 2. The molecule has 4 aromatic carbocycles. The summed E-state index contributed by atoms with van der Waals surface area (Å²) in [5.74, 6) is 0.691. The van der Waals surface area contributed by atoms with Crippen LogP contribution in [-0.2, 0) is 13.1 Å². The van der Waals surface area contributed by atoms with E-state index in [0.717, 1.165) is 28.2 Å². The van der Waals surface area contributed by atoms with Crippen molar-refractivity contribution in [2.45, 2.75) is 13.1 Å². The van der Waals surface area contributed by atoms with Gasteiger partial charge in [0.1, 0.15) is 5.76 Å². The number of hydrogen-bond donors (Lipinski definition) is 0. The summed E-state index contributed by atoms with van der Waals surface area (Å²) in [5, 5.41) is 9.80. The predicted molar refractivity (Wildman–Crippen MR) is 193 cm³/mol. The van der Waals surface area contributed by atoms with E-state index in [4.69, 9.17) is 21.3 Å².